The Morgan fingerprint density at radius 3 is 2.68 bits per heavy atom. The van der Waals surface area contributed by atoms with Crippen molar-refractivity contribution in [3.8, 4) is 5.75 Å². The molecule has 0 spiro atoms. The number of nitrogens with two attached hydrogens (primary N) is 1. The van der Waals surface area contributed by atoms with Crippen molar-refractivity contribution in [2.24, 2.45) is 5.73 Å². The molecule has 0 heterocycles. The first kappa shape index (κ1) is 15.0. The fourth-order valence-corrected chi connectivity index (χ4v) is 1.47. The third-order valence-corrected chi connectivity index (χ3v) is 2.44. The predicted octanol–water partition coefficient (Wildman–Crippen LogP) is 0.833. The maximum atomic E-state index is 11.8. The Balaban J connectivity index is 2.81. The van der Waals surface area contributed by atoms with Crippen LogP contribution < -0.4 is 15.8 Å². The Bertz CT molecular complexity index is 474. The van der Waals surface area contributed by atoms with Gasteiger partial charge in [0.15, 0.2) is 6.04 Å². The molecule has 0 radical (unpaired) electrons. The summed E-state index contributed by atoms with van der Waals surface area (Å²) in [5.41, 5.74) is 6.91. The zero-order valence-corrected chi connectivity index (χ0v) is 11.2. The second-order valence-corrected chi connectivity index (χ2v) is 3.92. The number of ether oxygens (including phenoxy) is 2. The van der Waals surface area contributed by atoms with Gasteiger partial charge in [0.1, 0.15) is 5.75 Å². The number of benzene rings is 1. The number of methoxy groups -OCH3 is 1. The predicted molar refractivity (Wildman–Crippen MR) is 71.0 cm³/mol. The normalized spacial score (nSPS) is 11.6. The van der Waals surface area contributed by atoms with Crippen molar-refractivity contribution >= 4 is 17.6 Å². The molecule has 0 saturated heterocycles. The minimum absolute atomic E-state index is 0.174. The highest BCUT2D eigenvalue weighted by Crippen LogP contribution is 2.25. The van der Waals surface area contributed by atoms with Gasteiger partial charge < -0.3 is 20.5 Å². The van der Waals surface area contributed by atoms with Crippen LogP contribution in [0.3, 0.4) is 0 Å². The van der Waals surface area contributed by atoms with E-state index in [1.54, 1.807) is 19.1 Å². The lowest BCUT2D eigenvalue weighted by molar-refractivity contribution is -0.146. The molecule has 0 bridgehead atoms. The second-order valence-electron chi connectivity index (χ2n) is 3.92. The highest BCUT2D eigenvalue weighted by Gasteiger charge is 2.24. The molecule has 0 aromatic heterocycles. The molecule has 0 fully saturated rings. The Morgan fingerprint density at radius 2 is 2.11 bits per heavy atom. The Labute approximate surface area is 111 Å². The van der Waals surface area contributed by atoms with E-state index in [1.807, 2.05) is 13.0 Å². The summed E-state index contributed by atoms with van der Waals surface area (Å²) in [5.74, 6) is -0.899. The van der Waals surface area contributed by atoms with Gasteiger partial charge in [0, 0.05) is 0 Å². The first-order valence-electron chi connectivity index (χ1n) is 5.87. The lowest BCUT2D eigenvalue weighted by Gasteiger charge is -2.14. The van der Waals surface area contributed by atoms with Crippen molar-refractivity contribution in [3.63, 3.8) is 0 Å². The quantitative estimate of drug-likeness (QED) is 0.608. The maximum Gasteiger partial charge on any atom is 0.332 e. The molecule has 1 unspecified atom stereocenters. The molecule has 1 aromatic rings. The van der Waals surface area contributed by atoms with Gasteiger partial charge in [-0.15, -0.1) is 0 Å². The molecule has 6 nitrogen and oxygen atoms in total. The maximum absolute atomic E-state index is 11.8. The largest absolute Gasteiger partial charge is 0.495 e. The van der Waals surface area contributed by atoms with Crippen LogP contribution in [-0.4, -0.2) is 31.6 Å². The topological polar surface area (TPSA) is 90.7 Å². The summed E-state index contributed by atoms with van der Waals surface area (Å²) < 4.78 is 9.80. The van der Waals surface area contributed by atoms with Gasteiger partial charge in [0.2, 0.25) is 0 Å². The number of aryl methyl sites for hydroxylation is 1. The van der Waals surface area contributed by atoms with E-state index in [0.29, 0.717) is 11.4 Å². The molecule has 0 aliphatic carbocycles. The number of esters is 1. The third kappa shape index (κ3) is 3.96. The zero-order chi connectivity index (χ0) is 14.4. The lowest BCUT2D eigenvalue weighted by Crippen LogP contribution is -2.43. The third-order valence-electron chi connectivity index (χ3n) is 2.44. The second kappa shape index (κ2) is 6.75. The number of hydrogen-bond acceptors (Lipinski definition) is 5. The average molecular weight is 266 g/mol. The van der Waals surface area contributed by atoms with Gasteiger partial charge in [-0.2, -0.15) is 0 Å². The molecular weight excluding hydrogens is 248 g/mol. The van der Waals surface area contributed by atoms with E-state index >= 15 is 0 Å². The molecule has 1 aromatic carbocycles. The van der Waals surface area contributed by atoms with Gasteiger partial charge in [0.25, 0.3) is 5.91 Å². The highest BCUT2D eigenvalue weighted by molar-refractivity contribution is 6.08. The summed E-state index contributed by atoms with van der Waals surface area (Å²) in [6, 6.07) is 3.94. The summed E-state index contributed by atoms with van der Waals surface area (Å²) in [4.78, 5) is 23.2. The molecule has 3 N–H and O–H groups in total. The number of hydrogen-bond donors (Lipinski definition) is 2. The van der Waals surface area contributed by atoms with Crippen LogP contribution in [0, 0.1) is 6.92 Å². The summed E-state index contributed by atoms with van der Waals surface area (Å²) in [7, 11) is 1.49. The molecule has 1 atom stereocenters. The van der Waals surface area contributed by atoms with E-state index in [9.17, 15) is 9.59 Å². The van der Waals surface area contributed by atoms with Crippen LogP contribution in [0.15, 0.2) is 18.2 Å². The molecule has 0 aliphatic heterocycles. The minimum atomic E-state index is -1.36. The number of carbonyl (C=O) groups excluding carboxylic acids is 2. The summed E-state index contributed by atoms with van der Waals surface area (Å²) in [6.45, 7) is 3.69. The van der Waals surface area contributed by atoms with E-state index in [4.69, 9.17) is 10.5 Å². The van der Waals surface area contributed by atoms with Gasteiger partial charge >= 0.3 is 5.97 Å². The number of carbonyl (C=O) groups is 2. The molecule has 0 saturated carbocycles. The number of amides is 1. The van der Waals surface area contributed by atoms with Gasteiger partial charge in [0.05, 0.1) is 19.4 Å². The van der Waals surface area contributed by atoms with E-state index in [-0.39, 0.29) is 6.61 Å². The van der Waals surface area contributed by atoms with Crippen molar-refractivity contribution < 1.29 is 19.1 Å². The molecule has 104 valence electrons. The van der Waals surface area contributed by atoms with Crippen LogP contribution >= 0.6 is 0 Å². The van der Waals surface area contributed by atoms with Crippen LogP contribution in [0.1, 0.15) is 12.5 Å². The van der Waals surface area contributed by atoms with Crippen LogP contribution in [0.2, 0.25) is 0 Å². The molecule has 6 heteroatoms. The van der Waals surface area contributed by atoms with Crippen LogP contribution in [0.4, 0.5) is 5.69 Å². The molecule has 1 rings (SSSR count). The van der Waals surface area contributed by atoms with E-state index < -0.39 is 17.9 Å². The fourth-order valence-electron chi connectivity index (χ4n) is 1.47. The van der Waals surface area contributed by atoms with Crippen molar-refractivity contribution in [2.45, 2.75) is 19.9 Å². The summed E-state index contributed by atoms with van der Waals surface area (Å²) in [6.07, 6.45) is 0. The zero-order valence-electron chi connectivity index (χ0n) is 11.2. The Kier molecular flexibility index (Phi) is 5.32. The van der Waals surface area contributed by atoms with Gasteiger partial charge in [-0.05, 0) is 31.5 Å². The Morgan fingerprint density at radius 1 is 1.42 bits per heavy atom. The van der Waals surface area contributed by atoms with Crippen LogP contribution in [-0.2, 0) is 14.3 Å². The smallest absolute Gasteiger partial charge is 0.332 e. The SMILES string of the molecule is CCOC(=O)C(N)C(=O)Nc1cc(C)ccc1OC. The number of nitrogens with one attached hydrogen (secondary N) is 1. The molecular formula is C13H18N2O4. The minimum Gasteiger partial charge on any atom is -0.495 e. The lowest BCUT2D eigenvalue weighted by atomic mass is 10.2. The first-order chi connectivity index (χ1) is 8.99. The van der Waals surface area contributed by atoms with Crippen molar-refractivity contribution in [3.05, 3.63) is 23.8 Å². The van der Waals surface area contributed by atoms with Crippen molar-refractivity contribution in [2.75, 3.05) is 19.0 Å². The number of rotatable bonds is 5. The summed E-state index contributed by atoms with van der Waals surface area (Å²) in [5, 5.41) is 2.55. The molecule has 19 heavy (non-hydrogen) atoms. The average Bonchev–Trinajstić information content (AvgIpc) is 2.38. The van der Waals surface area contributed by atoms with E-state index in [2.05, 4.69) is 10.1 Å². The van der Waals surface area contributed by atoms with Crippen molar-refractivity contribution in [1.29, 1.82) is 0 Å². The molecule has 1 amide bonds. The number of anilines is 1. The van der Waals surface area contributed by atoms with Gasteiger partial charge in [-0.25, -0.2) is 4.79 Å². The first-order valence-corrected chi connectivity index (χ1v) is 5.87. The van der Waals surface area contributed by atoms with Crippen LogP contribution in [0.25, 0.3) is 0 Å². The van der Waals surface area contributed by atoms with Gasteiger partial charge in [-0.1, -0.05) is 6.07 Å². The van der Waals surface area contributed by atoms with Gasteiger partial charge in [-0.3, -0.25) is 4.79 Å². The monoisotopic (exact) mass is 266 g/mol. The Hall–Kier alpha value is -2.08. The van der Waals surface area contributed by atoms with Crippen molar-refractivity contribution in [1.82, 2.24) is 0 Å². The standard InChI is InChI=1S/C13H18N2O4/c1-4-19-13(17)11(14)12(16)15-9-7-8(2)5-6-10(9)18-3/h5-7,11H,4,14H2,1-3H3,(H,15,16). The fraction of sp³-hybridized carbons (Fsp3) is 0.385. The highest BCUT2D eigenvalue weighted by atomic mass is 16.5. The van der Waals surface area contributed by atoms with E-state index in [0.717, 1.165) is 5.56 Å². The molecule has 0 aliphatic rings. The summed E-state index contributed by atoms with van der Waals surface area (Å²) >= 11 is 0. The van der Waals surface area contributed by atoms with Crippen LogP contribution in [0.5, 0.6) is 5.75 Å². The van der Waals surface area contributed by atoms with E-state index in [1.165, 1.54) is 7.11 Å².